The van der Waals surface area contributed by atoms with Crippen LogP contribution in [0.1, 0.15) is 10.8 Å². The van der Waals surface area contributed by atoms with Crippen LogP contribution < -0.4 is 4.90 Å². The van der Waals surface area contributed by atoms with Gasteiger partial charge >= 0.3 is 0 Å². The molecule has 0 aliphatic heterocycles. The summed E-state index contributed by atoms with van der Waals surface area (Å²) in [5.74, 6) is 1.95. The van der Waals surface area contributed by atoms with E-state index in [0.29, 0.717) is 12.3 Å². The van der Waals surface area contributed by atoms with Crippen LogP contribution >= 0.6 is 23.1 Å². The largest absolute Gasteiger partial charge is 0.467 e. The van der Waals surface area contributed by atoms with E-state index in [9.17, 15) is 4.79 Å². The van der Waals surface area contributed by atoms with Crippen LogP contribution in [-0.4, -0.2) is 16.6 Å². The molecule has 0 radical (unpaired) electrons. The van der Waals surface area contributed by atoms with Gasteiger partial charge in [0.05, 0.1) is 28.8 Å². The van der Waals surface area contributed by atoms with Crippen LogP contribution in [0.4, 0.5) is 5.69 Å². The first kappa shape index (κ1) is 17.8. The molecule has 0 spiro atoms. The van der Waals surface area contributed by atoms with Crippen molar-refractivity contribution in [3.05, 3.63) is 83.8 Å². The summed E-state index contributed by atoms with van der Waals surface area (Å²) >= 11 is 3.28. The molecule has 1 amide bonds. The summed E-state index contributed by atoms with van der Waals surface area (Å²) < 4.78 is 6.62. The molecule has 0 aliphatic carbocycles. The Morgan fingerprint density at radius 2 is 1.85 bits per heavy atom. The number of hydrogen-bond donors (Lipinski definition) is 0. The quantitative estimate of drug-likeness (QED) is 0.423. The number of para-hydroxylation sites is 2. The van der Waals surface area contributed by atoms with Crippen molar-refractivity contribution in [2.24, 2.45) is 0 Å². The van der Waals surface area contributed by atoms with E-state index in [1.807, 2.05) is 60.7 Å². The van der Waals surface area contributed by atoms with E-state index in [1.54, 1.807) is 34.3 Å². The highest BCUT2D eigenvalue weighted by Gasteiger charge is 2.17. The second-order valence-corrected chi connectivity index (χ2v) is 8.06. The van der Waals surface area contributed by atoms with Gasteiger partial charge < -0.3 is 9.32 Å². The van der Waals surface area contributed by atoms with E-state index in [0.717, 1.165) is 27.7 Å². The van der Waals surface area contributed by atoms with E-state index in [-0.39, 0.29) is 5.91 Å². The van der Waals surface area contributed by atoms with Crippen molar-refractivity contribution in [2.75, 3.05) is 10.7 Å². The molecule has 4 aromatic rings. The number of furan rings is 1. The number of rotatable bonds is 7. The van der Waals surface area contributed by atoms with Gasteiger partial charge in [0.25, 0.3) is 0 Å². The number of hydrogen-bond acceptors (Lipinski definition) is 5. The first-order chi connectivity index (χ1) is 13.3. The van der Waals surface area contributed by atoms with E-state index in [1.165, 1.54) is 4.70 Å². The van der Waals surface area contributed by atoms with Gasteiger partial charge in [0.15, 0.2) is 0 Å². The molecular formula is C21H18N2O2S2. The van der Waals surface area contributed by atoms with Gasteiger partial charge in [-0.3, -0.25) is 4.79 Å². The lowest BCUT2D eigenvalue weighted by Crippen LogP contribution is -2.31. The van der Waals surface area contributed by atoms with Gasteiger partial charge in [-0.15, -0.1) is 23.1 Å². The summed E-state index contributed by atoms with van der Waals surface area (Å²) in [6.07, 6.45) is 1.63. The van der Waals surface area contributed by atoms with Crippen LogP contribution in [-0.2, 0) is 17.1 Å². The number of nitrogens with zero attached hydrogens (tertiary/aromatic N) is 2. The second-order valence-electron chi connectivity index (χ2n) is 5.96. The van der Waals surface area contributed by atoms with Crippen LogP contribution in [0.2, 0.25) is 0 Å². The summed E-state index contributed by atoms with van der Waals surface area (Å²) in [6.45, 7) is 0.428. The molecule has 0 aliphatic rings. The first-order valence-electron chi connectivity index (χ1n) is 8.59. The van der Waals surface area contributed by atoms with Gasteiger partial charge in [0, 0.05) is 11.4 Å². The molecular weight excluding hydrogens is 376 g/mol. The van der Waals surface area contributed by atoms with Gasteiger partial charge in [-0.1, -0.05) is 30.3 Å². The highest BCUT2D eigenvalue weighted by atomic mass is 32.2. The number of aromatic nitrogens is 1. The highest BCUT2D eigenvalue weighted by Crippen LogP contribution is 2.25. The van der Waals surface area contributed by atoms with E-state index in [2.05, 4.69) is 11.1 Å². The van der Waals surface area contributed by atoms with Gasteiger partial charge in [0.2, 0.25) is 5.91 Å². The minimum absolute atomic E-state index is 0.0590. The molecule has 136 valence electrons. The van der Waals surface area contributed by atoms with Crippen LogP contribution in [0.5, 0.6) is 0 Å². The average Bonchev–Trinajstić information content (AvgIpc) is 3.36. The number of benzene rings is 2. The molecule has 4 rings (SSSR count). The van der Waals surface area contributed by atoms with Crippen molar-refractivity contribution in [1.29, 1.82) is 0 Å². The Morgan fingerprint density at radius 3 is 2.63 bits per heavy atom. The molecule has 0 bridgehead atoms. The lowest BCUT2D eigenvalue weighted by molar-refractivity contribution is -0.116. The number of carbonyl (C=O) groups is 1. The number of anilines is 1. The summed E-state index contributed by atoms with van der Waals surface area (Å²) in [7, 11) is 0. The Bertz CT molecular complexity index is 980. The van der Waals surface area contributed by atoms with Gasteiger partial charge in [0.1, 0.15) is 10.8 Å². The molecule has 2 aromatic heterocycles. The third kappa shape index (κ3) is 4.40. The van der Waals surface area contributed by atoms with Crippen molar-refractivity contribution in [3.63, 3.8) is 0 Å². The maximum atomic E-state index is 12.9. The Kier molecular flexibility index (Phi) is 5.55. The predicted molar refractivity (Wildman–Crippen MR) is 112 cm³/mol. The number of thiazole rings is 1. The minimum atomic E-state index is 0.0590. The van der Waals surface area contributed by atoms with Crippen molar-refractivity contribution in [2.45, 2.75) is 12.3 Å². The average molecular weight is 395 g/mol. The third-order valence-electron chi connectivity index (χ3n) is 4.05. The first-order valence-corrected chi connectivity index (χ1v) is 10.6. The zero-order valence-corrected chi connectivity index (χ0v) is 16.2. The summed E-state index contributed by atoms with van der Waals surface area (Å²) in [4.78, 5) is 19.3. The monoisotopic (exact) mass is 394 g/mol. The number of carbonyl (C=O) groups excluding carboxylic acids is 1. The number of amides is 1. The maximum Gasteiger partial charge on any atom is 0.237 e. The van der Waals surface area contributed by atoms with E-state index >= 15 is 0 Å². The fourth-order valence-corrected chi connectivity index (χ4v) is 4.70. The van der Waals surface area contributed by atoms with Crippen LogP contribution in [0, 0.1) is 0 Å². The van der Waals surface area contributed by atoms with E-state index in [4.69, 9.17) is 4.42 Å². The lowest BCUT2D eigenvalue weighted by atomic mass is 10.2. The summed E-state index contributed by atoms with van der Waals surface area (Å²) in [5, 5.41) is 1.05. The molecule has 0 atom stereocenters. The molecule has 4 nitrogen and oxygen atoms in total. The topological polar surface area (TPSA) is 46.3 Å². The Balaban J connectivity index is 1.41. The van der Waals surface area contributed by atoms with Gasteiger partial charge in [-0.2, -0.15) is 0 Å². The van der Waals surface area contributed by atoms with Crippen LogP contribution in [0.3, 0.4) is 0 Å². The van der Waals surface area contributed by atoms with Crippen molar-refractivity contribution in [1.82, 2.24) is 4.98 Å². The Morgan fingerprint density at radius 1 is 1.04 bits per heavy atom. The number of fused-ring (bicyclic) bond motifs is 1. The molecule has 0 saturated carbocycles. The molecule has 2 aromatic carbocycles. The van der Waals surface area contributed by atoms with Crippen LogP contribution in [0.25, 0.3) is 10.2 Å². The zero-order chi connectivity index (χ0) is 18.5. The molecule has 0 fully saturated rings. The molecule has 0 unspecified atom stereocenters. The summed E-state index contributed by atoms with van der Waals surface area (Å²) in [5.41, 5.74) is 1.90. The third-order valence-corrected chi connectivity index (χ3v) is 6.20. The van der Waals surface area contributed by atoms with Crippen molar-refractivity contribution in [3.8, 4) is 0 Å². The number of thioether (sulfide) groups is 1. The lowest BCUT2D eigenvalue weighted by Gasteiger charge is -2.21. The normalized spacial score (nSPS) is 11.0. The second kappa shape index (κ2) is 8.41. The van der Waals surface area contributed by atoms with Crippen molar-refractivity contribution >= 4 is 44.9 Å². The van der Waals surface area contributed by atoms with Gasteiger partial charge in [-0.25, -0.2) is 4.98 Å². The van der Waals surface area contributed by atoms with E-state index < -0.39 is 0 Å². The molecule has 6 heteroatoms. The summed E-state index contributed by atoms with van der Waals surface area (Å²) in [6, 6.07) is 21.5. The molecule has 2 heterocycles. The fraction of sp³-hybridized carbons (Fsp3) is 0.143. The highest BCUT2D eigenvalue weighted by molar-refractivity contribution is 7.99. The standard InChI is InChI=1S/C21H18N2O2S2/c24-21(15-26-14-20-22-18-10-4-5-11-19(18)27-20)23(13-17-9-6-12-25-17)16-7-2-1-3-8-16/h1-12H,13-15H2. The fourth-order valence-electron chi connectivity index (χ4n) is 2.78. The molecule has 0 N–H and O–H groups in total. The smallest absolute Gasteiger partial charge is 0.237 e. The maximum absolute atomic E-state index is 12.9. The Labute approximate surface area is 165 Å². The minimum Gasteiger partial charge on any atom is -0.467 e. The molecule has 0 saturated heterocycles. The zero-order valence-electron chi connectivity index (χ0n) is 14.6. The van der Waals surface area contributed by atoms with Gasteiger partial charge in [-0.05, 0) is 36.4 Å². The van der Waals surface area contributed by atoms with Crippen LogP contribution in [0.15, 0.2) is 77.4 Å². The van der Waals surface area contributed by atoms with Crippen molar-refractivity contribution < 1.29 is 9.21 Å². The predicted octanol–water partition coefficient (Wildman–Crippen LogP) is 5.36. The SMILES string of the molecule is O=C(CSCc1nc2ccccc2s1)N(Cc1ccco1)c1ccccc1. The molecule has 27 heavy (non-hydrogen) atoms. The Hall–Kier alpha value is -2.57.